The molecular formula is C15H25N3O. The molecule has 19 heavy (non-hydrogen) atoms. The van der Waals surface area contributed by atoms with Crippen molar-refractivity contribution in [3.8, 4) is 0 Å². The number of nitrogens with zero attached hydrogens (tertiary/aromatic N) is 1. The second kappa shape index (κ2) is 7.79. The molecule has 0 unspecified atom stereocenters. The molecule has 1 aromatic rings. The van der Waals surface area contributed by atoms with Crippen LogP contribution in [0.15, 0.2) is 24.3 Å². The van der Waals surface area contributed by atoms with E-state index in [1.54, 1.807) is 0 Å². The minimum absolute atomic E-state index is 0.0496. The predicted molar refractivity (Wildman–Crippen MR) is 80.3 cm³/mol. The van der Waals surface area contributed by atoms with Crippen LogP contribution in [0, 0.1) is 6.92 Å². The summed E-state index contributed by atoms with van der Waals surface area (Å²) < 4.78 is 0. The highest BCUT2D eigenvalue weighted by atomic mass is 16.2. The van der Waals surface area contributed by atoms with Crippen molar-refractivity contribution in [2.75, 3.05) is 24.5 Å². The molecule has 0 atom stereocenters. The molecule has 0 saturated heterocycles. The Morgan fingerprint density at radius 2 is 2.16 bits per heavy atom. The van der Waals surface area contributed by atoms with Gasteiger partial charge >= 0.3 is 0 Å². The Morgan fingerprint density at radius 1 is 1.42 bits per heavy atom. The van der Waals surface area contributed by atoms with Gasteiger partial charge in [0.15, 0.2) is 0 Å². The maximum atomic E-state index is 11.9. The lowest BCUT2D eigenvalue weighted by molar-refractivity contribution is -0.120. The highest BCUT2D eigenvalue weighted by Crippen LogP contribution is 2.15. The van der Waals surface area contributed by atoms with Crippen LogP contribution in [0.25, 0.3) is 0 Å². The Kier molecular flexibility index (Phi) is 6.36. The molecule has 0 heterocycles. The van der Waals surface area contributed by atoms with Gasteiger partial charge in [-0.25, -0.2) is 0 Å². The van der Waals surface area contributed by atoms with Crippen molar-refractivity contribution in [3.63, 3.8) is 0 Å². The molecule has 0 aliphatic carbocycles. The summed E-state index contributed by atoms with van der Waals surface area (Å²) in [6, 6.07) is 8.37. The lowest BCUT2D eigenvalue weighted by Gasteiger charge is -2.25. The van der Waals surface area contributed by atoms with E-state index in [9.17, 15) is 4.79 Å². The molecule has 0 radical (unpaired) electrons. The van der Waals surface area contributed by atoms with E-state index in [0.717, 1.165) is 18.7 Å². The average Bonchev–Trinajstić information content (AvgIpc) is 2.33. The number of hydrogen-bond acceptors (Lipinski definition) is 3. The first-order valence-corrected chi connectivity index (χ1v) is 6.84. The molecule has 1 aromatic carbocycles. The van der Waals surface area contributed by atoms with Gasteiger partial charge in [0, 0.05) is 18.3 Å². The SMILES string of the molecule is Cc1cccc(N(CCCN)CC(=O)NC(C)C)c1. The van der Waals surface area contributed by atoms with Crippen LogP contribution in [0.1, 0.15) is 25.8 Å². The van der Waals surface area contributed by atoms with E-state index >= 15 is 0 Å². The second-order valence-electron chi connectivity index (χ2n) is 5.13. The number of anilines is 1. The summed E-state index contributed by atoms with van der Waals surface area (Å²) in [6.07, 6.45) is 0.878. The number of amides is 1. The van der Waals surface area contributed by atoms with Gasteiger partial charge in [0.2, 0.25) is 5.91 Å². The number of hydrogen-bond donors (Lipinski definition) is 2. The van der Waals surface area contributed by atoms with Crippen molar-refractivity contribution in [1.82, 2.24) is 5.32 Å². The molecule has 0 fully saturated rings. The van der Waals surface area contributed by atoms with Gasteiger partial charge in [0.1, 0.15) is 0 Å². The summed E-state index contributed by atoms with van der Waals surface area (Å²) in [5, 5.41) is 2.92. The third-order valence-electron chi connectivity index (χ3n) is 2.78. The summed E-state index contributed by atoms with van der Waals surface area (Å²) >= 11 is 0. The first-order valence-electron chi connectivity index (χ1n) is 6.84. The lowest BCUT2D eigenvalue weighted by atomic mass is 10.2. The van der Waals surface area contributed by atoms with Gasteiger partial charge in [-0.15, -0.1) is 0 Å². The van der Waals surface area contributed by atoms with Crippen LogP contribution in [-0.2, 0) is 4.79 Å². The first kappa shape index (κ1) is 15.5. The van der Waals surface area contributed by atoms with E-state index in [2.05, 4.69) is 29.3 Å². The van der Waals surface area contributed by atoms with Crippen molar-refractivity contribution in [3.05, 3.63) is 29.8 Å². The molecule has 1 amide bonds. The van der Waals surface area contributed by atoms with Gasteiger partial charge in [-0.1, -0.05) is 12.1 Å². The normalized spacial score (nSPS) is 10.6. The molecule has 4 nitrogen and oxygen atoms in total. The van der Waals surface area contributed by atoms with Crippen molar-refractivity contribution >= 4 is 11.6 Å². The van der Waals surface area contributed by atoms with Crippen LogP contribution in [0.5, 0.6) is 0 Å². The Morgan fingerprint density at radius 3 is 2.74 bits per heavy atom. The molecule has 0 aliphatic rings. The van der Waals surface area contributed by atoms with Crippen LogP contribution < -0.4 is 16.0 Å². The van der Waals surface area contributed by atoms with Crippen LogP contribution in [0.4, 0.5) is 5.69 Å². The molecule has 0 saturated carbocycles. The molecular weight excluding hydrogens is 238 g/mol. The summed E-state index contributed by atoms with van der Waals surface area (Å²) in [6.45, 7) is 7.80. The Labute approximate surface area is 116 Å². The van der Waals surface area contributed by atoms with Crippen LogP contribution in [-0.4, -0.2) is 31.6 Å². The molecule has 0 spiro atoms. The second-order valence-corrected chi connectivity index (χ2v) is 5.13. The maximum Gasteiger partial charge on any atom is 0.239 e. The van der Waals surface area contributed by atoms with Gasteiger partial charge in [-0.2, -0.15) is 0 Å². The van der Waals surface area contributed by atoms with Gasteiger partial charge < -0.3 is 16.0 Å². The highest BCUT2D eigenvalue weighted by molar-refractivity contribution is 5.81. The van der Waals surface area contributed by atoms with Gasteiger partial charge in [-0.05, 0) is 51.4 Å². The Bertz CT molecular complexity index is 404. The zero-order valence-electron chi connectivity index (χ0n) is 12.1. The number of carbonyl (C=O) groups is 1. The van der Waals surface area contributed by atoms with E-state index in [1.807, 2.05) is 26.0 Å². The van der Waals surface area contributed by atoms with E-state index < -0.39 is 0 Å². The van der Waals surface area contributed by atoms with Crippen LogP contribution in [0.2, 0.25) is 0 Å². The van der Waals surface area contributed by atoms with E-state index in [-0.39, 0.29) is 11.9 Å². The smallest absolute Gasteiger partial charge is 0.239 e. The summed E-state index contributed by atoms with van der Waals surface area (Å²) in [4.78, 5) is 14.0. The fourth-order valence-electron chi connectivity index (χ4n) is 1.95. The van der Waals surface area contributed by atoms with Crippen molar-refractivity contribution in [1.29, 1.82) is 0 Å². The third kappa shape index (κ3) is 5.75. The number of benzene rings is 1. The van der Waals surface area contributed by atoms with Gasteiger partial charge in [0.25, 0.3) is 0 Å². The van der Waals surface area contributed by atoms with E-state index in [0.29, 0.717) is 13.1 Å². The van der Waals surface area contributed by atoms with Crippen LogP contribution >= 0.6 is 0 Å². The zero-order valence-corrected chi connectivity index (χ0v) is 12.1. The van der Waals surface area contributed by atoms with Crippen molar-refractivity contribution in [2.24, 2.45) is 5.73 Å². The quantitative estimate of drug-likeness (QED) is 0.787. The molecule has 0 aromatic heterocycles. The molecule has 0 bridgehead atoms. The van der Waals surface area contributed by atoms with Crippen molar-refractivity contribution < 1.29 is 4.79 Å². The maximum absolute atomic E-state index is 11.9. The topological polar surface area (TPSA) is 58.4 Å². The highest BCUT2D eigenvalue weighted by Gasteiger charge is 2.12. The monoisotopic (exact) mass is 263 g/mol. The fourth-order valence-corrected chi connectivity index (χ4v) is 1.95. The molecule has 0 aliphatic heterocycles. The lowest BCUT2D eigenvalue weighted by Crippen LogP contribution is -2.41. The summed E-state index contributed by atoms with van der Waals surface area (Å²) in [5.41, 5.74) is 7.84. The molecule has 4 heteroatoms. The molecule has 106 valence electrons. The predicted octanol–water partition coefficient (Wildman–Crippen LogP) is 1.67. The number of rotatable bonds is 7. The largest absolute Gasteiger partial charge is 0.362 e. The van der Waals surface area contributed by atoms with Gasteiger partial charge in [0.05, 0.1) is 6.54 Å². The number of nitrogens with two attached hydrogens (primary N) is 1. The summed E-state index contributed by atoms with van der Waals surface area (Å²) in [5.74, 6) is 0.0496. The number of nitrogens with one attached hydrogen (secondary N) is 1. The average molecular weight is 263 g/mol. The van der Waals surface area contributed by atoms with Crippen LogP contribution in [0.3, 0.4) is 0 Å². The van der Waals surface area contributed by atoms with Crippen molar-refractivity contribution in [2.45, 2.75) is 33.2 Å². The van der Waals surface area contributed by atoms with Gasteiger partial charge in [-0.3, -0.25) is 4.79 Å². The van der Waals surface area contributed by atoms with E-state index in [4.69, 9.17) is 5.73 Å². The number of aryl methyl sites for hydroxylation is 1. The number of carbonyl (C=O) groups excluding carboxylic acids is 1. The Hall–Kier alpha value is -1.55. The minimum Gasteiger partial charge on any atom is -0.362 e. The fraction of sp³-hybridized carbons (Fsp3) is 0.533. The minimum atomic E-state index is 0.0496. The standard InChI is InChI=1S/C15H25N3O/c1-12(2)17-15(19)11-18(9-5-8-16)14-7-4-6-13(3)10-14/h4,6-7,10,12H,5,8-9,11,16H2,1-3H3,(H,17,19). The first-order chi connectivity index (χ1) is 9.02. The molecule has 3 N–H and O–H groups in total. The zero-order chi connectivity index (χ0) is 14.3. The summed E-state index contributed by atoms with van der Waals surface area (Å²) in [7, 11) is 0. The molecule has 1 rings (SSSR count). The van der Waals surface area contributed by atoms with E-state index in [1.165, 1.54) is 5.56 Å². The Balaban J connectivity index is 2.74. The third-order valence-corrected chi connectivity index (χ3v) is 2.78.